The molecule has 0 radical (unpaired) electrons. The molecule has 62 valence electrons. The van der Waals surface area contributed by atoms with Crippen LogP contribution in [0.15, 0.2) is 23.7 Å². The van der Waals surface area contributed by atoms with Crippen molar-refractivity contribution in [1.82, 2.24) is 0 Å². The van der Waals surface area contributed by atoms with Crippen LogP contribution in [0.4, 0.5) is 0 Å². The lowest BCUT2D eigenvalue weighted by Crippen LogP contribution is -2.18. The highest BCUT2D eigenvalue weighted by atomic mass is 35.5. The first-order chi connectivity index (χ1) is 4.95. The van der Waals surface area contributed by atoms with E-state index in [4.69, 9.17) is 11.6 Å². The Balaban J connectivity index is 4.52. The van der Waals surface area contributed by atoms with Crippen LogP contribution >= 0.6 is 11.6 Å². The first-order valence-electron chi connectivity index (χ1n) is 3.96. The van der Waals surface area contributed by atoms with Gasteiger partial charge in [0.25, 0.3) is 0 Å². The molecule has 0 aromatic rings. The summed E-state index contributed by atoms with van der Waals surface area (Å²) in [5, 5.41) is 0.701. The maximum atomic E-state index is 5.90. The van der Waals surface area contributed by atoms with Crippen molar-refractivity contribution in [2.24, 2.45) is 5.41 Å². The SMILES string of the molecule is BC(=C)C(C)(CCC)C(=C)Cl. The fraction of sp³-hybridized carbons (Fsp3) is 0.556. The molecule has 11 heavy (non-hydrogen) atoms. The lowest BCUT2D eigenvalue weighted by atomic mass is 9.70. The number of hydrogen-bond donors (Lipinski definition) is 0. The van der Waals surface area contributed by atoms with Crippen LogP contribution in [0.1, 0.15) is 26.7 Å². The predicted octanol–water partition coefficient (Wildman–Crippen LogP) is 2.69. The van der Waals surface area contributed by atoms with Gasteiger partial charge in [0.1, 0.15) is 7.85 Å². The minimum Gasteiger partial charge on any atom is -0.108 e. The second kappa shape index (κ2) is 4.01. The number of halogens is 1. The van der Waals surface area contributed by atoms with Gasteiger partial charge in [0.2, 0.25) is 0 Å². The normalized spacial score (nSPS) is 15.5. The van der Waals surface area contributed by atoms with Gasteiger partial charge in [-0.1, -0.05) is 38.4 Å². The van der Waals surface area contributed by atoms with Crippen molar-refractivity contribution in [3.05, 3.63) is 23.7 Å². The van der Waals surface area contributed by atoms with E-state index in [1.807, 2.05) is 7.85 Å². The third kappa shape index (κ3) is 2.41. The maximum absolute atomic E-state index is 5.90. The lowest BCUT2D eigenvalue weighted by Gasteiger charge is -2.29. The zero-order chi connectivity index (χ0) is 9.07. The molecule has 1 atom stereocenters. The molecule has 0 saturated heterocycles. The number of allylic oxidation sites excluding steroid dienone is 2. The Morgan fingerprint density at radius 1 is 1.55 bits per heavy atom. The van der Waals surface area contributed by atoms with Gasteiger partial charge in [0, 0.05) is 10.4 Å². The van der Waals surface area contributed by atoms with Crippen molar-refractivity contribution in [2.75, 3.05) is 0 Å². The van der Waals surface area contributed by atoms with Crippen LogP contribution in [0.2, 0.25) is 0 Å². The Morgan fingerprint density at radius 2 is 2.00 bits per heavy atom. The smallest absolute Gasteiger partial charge is 0.108 e. The highest BCUT2D eigenvalue weighted by Gasteiger charge is 2.25. The minimum absolute atomic E-state index is 0.0731. The van der Waals surface area contributed by atoms with Crippen LogP contribution in [0.25, 0.3) is 0 Å². The Labute approximate surface area is 75.7 Å². The highest BCUT2D eigenvalue weighted by Crippen LogP contribution is 2.38. The summed E-state index contributed by atoms with van der Waals surface area (Å²) in [6, 6.07) is 0. The van der Waals surface area contributed by atoms with Crippen LogP contribution in [-0.2, 0) is 0 Å². The van der Waals surface area contributed by atoms with Gasteiger partial charge in [-0.2, -0.15) is 0 Å². The Kier molecular flexibility index (Phi) is 3.95. The van der Waals surface area contributed by atoms with Crippen LogP contribution in [-0.4, -0.2) is 7.85 Å². The molecule has 2 heteroatoms. The van der Waals surface area contributed by atoms with E-state index in [0.29, 0.717) is 5.03 Å². The van der Waals surface area contributed by atoms with Crippen molar-refractivity contribution >= 4 is 19.4 Å². The average molecular weight is 170 g/mol. The summed E-state index contributed by atoms with van der Waals surface area (Å²) in [5.41, 5.74) is 1.02. The third-order valence-electron chi connectivity index (χ3n) is 2.29. The van der Waals surface area contributed by atoms with E-state index in [1.54, 1.807) is 0 Å². The molecular weight excluding hydrogens is 154 g/mol. The van der Waals surface area contributed by atoms with Gasteiger partial charge >= 0.3 is 0 Å². The van der Waals surface area contributed by atoms with Gasteiger partial charge in [-0.15, -0.1) is 12.1 Å². The van der Waals surface area contributed by atoms with Gasteiger partial charge < -0.3 is 0 Å². The van der Waals surface area contributed by atoms with Crippen molar-refractivity contribution < 1.29 is 0 Å². The molecule has 0 nitrogen and oxygen atoms in total. The topological polar surface area (TPSA) is 0 Å². The maximum Gasteiger partial charge on any atom is 0.134 e. The average Bonchev–Trinajstić information content (AvgIpc) is 1.87. The van der Waals surface area contributed by atoms with Crippen LogP contribution in [0.3, 0.4) is 0 Å². The number of rotatable bonds is 4. The van der Waals surface area contributed by atoms with Crippen molar-refractivity contribution in [2.45, 2.75) is 26.7 Å². The summed E-state index contributed by atoms with van der Waals surface area (Å²) in [6.07, 6.45) is 2.14. The third-order valence-corrected chi connectivity index (χ3v) is 2.71. The second-order valence-corrected chi connectivity index (χ2v) is 3.72. The monoisotopic (exact) mass is 170 g/mol. The summed E-state index contributed by atoms with van der Waals surface area (Å²) in [5.74, 6) is 0. The largest absolute Gasteiger partial charge is 0.134 e. The first kappa shape index (κ1) is 10.8. The zero-order valence-electron chi connectivity index (χ0n) is 7.71. The molecule has 0 aliphatic carbocycles. The standard InChI is InChI=1S/C9H16BCl/c1-5-6-9(4,7(2)10)8(3)11/h2-3,5-6,10H2,1,4H3. The molecule has 0 rings (SSSR count). The van der Waals surface area contributed by atoms with Gasteiger partial charge in [0.15, 0.2) is 0 Å². The summed E-state index contributed by atoms with van der Waals surface area (Å²) in [4.78, 5) is 0. The minimum atomic E-state index is -0.0731. The van der Waals surface area contributed by atoms with E-state index < -0.39 is 0 Å². The fourth-order valence-corrected chi connectivity index (χ4v) is 1.34. The second-order valence-electron chi connectivity index (χ2n) is 3.27. The molecule has 0 bridgehead atoms. The van der Waals surface area contributed by atoms with Crippen LogP contribution < -0.4 is 0 Å². The first-order valence-corrected chi connectivity index (χ1v) is 4.33. The summed E-state index contributed by atoms with van der Waals surface area (Å²) < 4.78 is 0. The van der Waals surface area contributed by atoms with E-state index >= 15 is 0 Å². The van der Waals surface area contributed by atoms with Crippen molar-refractivity contribution in [1.29, 1.82) is 0 Å². The van der Waals surface area contributed by atoms with Crippen LogP contribution in [0.5, 0.6) is 0 Å². The predicted molar refractivity (Wildman–Crippen MR) is 55.7 cm³/mol. The Hall–Kier alpha value is -0.165. The molecule has 0 aliphatic heterocycles. The molecule has 0 N–H and O–H groups in total. The number of hydrogen-bond acceptors (Lipinski definition) is 0. The van der Waals surface area contributed by atoms with E-state index in [9.17, 15) is 0 Å². The van der Waals surface area contributed by atoms with Gasteiger partial charge in [0.05, 0.1) is 0 Å². The molecule has 0 aromatic heterocycles. The van der Waals surface area contributed by atoms with Gasteiger partial charge in [-0.3, -0.25) is 0 Å². The van der Waals surface area contributed by atoms with Crippen LogP contribution in [0, 0.1) is 5.41 Å². The van der Waals surface area contributed by atoms with E-state index in [0.717, 1.165) is 18.3 Å². The molecule has 0 saturated carbocycles. The molecular formula is C9H16BCl. The fourth-order valence-electron chi connectivity index (χ4n) is 1.08. The molecule has 0 heterocycles. The zero-order valence-corrected chi connectivity index (χ0v) is 8.46. The molecule has 0 aromatic carbocycles. The lowest BCUT2D eigenvalue weighted by molar-refractivity contribution is 0.474. The molecule has 1 unspecified atom stereocenters. The highest BCUT2D eigenvalue weighted by molar-refractivity contribution is 6.32. The quantitative estimate of drug-likeness (QED) is 0.569. The van der Waals surface area contributed by atoms with Crippen molar-refractivity contribution in [3.8, 4) is 0 Å². The van der Waals surface area contributed by atoms with Gasteiger partial charge in [-0.05, 0) is 6.42 Å². The summed E-state index contributed by atoms with van der Waals surface area (Å²) in [7, 11) is 2.00. The Bertz CT molecular complexity index is 158. The molecule has 0 spiro atoms. The summed E-state index contributed by atoms with van der Waals surface area (Å²) >= 11 is 5.90. The van der Waals surface area contributed by atoms with Gasteiger partial charge in [-0.25, -0.2) is 0 Å². The Morgan fingerprint density at radius 3 is 2.09 bits per heavy atom. The van der Waals surface area contributed by atoms with E-state index in [2.05, 4.69) is 27.0 Å². The van der Waals surface area contributed by atoms with Crippen molar-refractivity contribution in [3.63, 3.8) is 0 Å². The van der Waals surface area contributed by atoms with E-state index in [1.165, 1.54) is 0 Å². The molecule has 0 fully saturated rings. The molecule has 0 amide bonds. The summed E-state index contributed by atoms with van der Waals surface area (Å²) in [6.45, 7) is 11.9. The van der Waals surface area contributed by atoms with E-state index in [-0.39, 0.29) is 5.41 Å². The molecule has 0 aliphatic rings.